The van der Waals surface area contributed by atoms with Crippen LogP contribution in [0.4, 0.5) is 13.2 Å². The Bertz CT molecular complexity index is 302. The van der Waals surface area contributed by atoms with Gasteiger partial charge in [-0.05, 0) is 32.9 Å². The van der Waals surface area contributed by atoms with Gasteiger partial charge in [0.05, 0.1) is 5.60 Å². The summed E-state index contributed by atoms with van der Waals surface area (Å²) in [6.07, 6.45) is -0.790. The highest BCUT2D eigenvalue weighted by Crippen LogP contribution is 2.29. The maximum atomic E-state index is 11.9. The lowest BCUT2D eigenvalue weighted by Crippen LogP contribution is -2.41. The van der Waals surface area contributed by atoms with Crippen LogP contribution in [0.15, 0.2) is 0 Å². The van der Waals surface area contributed by atoms with Crippen LogP contribution in [0.3, 0.4) is 0 Å². The zero-order chi connectivity index (χ0) is 14.5. The Labute approximate surface area is 111 Å². The number of nitrogens with one attached hydrogen (secondary N) is 1. The summed E-state index contributed by atoms with van der Waals surface area (Å²) >= 11 is 0. The maximum absolute atomic E-state index is 11.9. The van der Waals surface area contributed by atoms with Crippen LogP contribution in [-0.2, 0) is 4.79 Å². The van der Waals surface area contributed by atoms with E-state index in [-0.39, 0.29) is 6.54 Å². The highest BCUT2D eigenvalue weighted by Gasteiger charge is 2.38. The number of halogens is 3. The maximum Gasteiger partial charge on any atom is 0.471 e. The van der Waals surface area contributed by atoms with Gasteiger partial charge in [0, 0.05) is 13.1 Å². The topological polar surface area (TPSA) is 52.6 Å². The monoisotopic (exact) mass is 282 g/mol. The molecule has 0 aromatic heterocycles. The fourth-order valence-electron chi connectivity index (χ4n) is 2.42. The Hall–Kier alpha value is -0.820. The summed E-state index contributed by atoms with van der Waals surface area (Å²) in [6.45, 7) is 1.06. The zero-order valence-electron chi connectivity index (χ0n) is 11.1. The first-order valence-electron chi connectivity index (χ1n) is 6.49. The van der Waals surface area contributed by atoms with E-state index in [2.05, 4.69) is 0 Å². The van der Waals surface area contributed by atoms with E-state index >= 15 is 0 Å². The van der Waals surface area contributed by atoms with Crippen LogP contribution in [-0.4, -0.2) is 54.4 Å². The number of likely N-dealkylation sites (N-methyl/N-ethyl adjacent to an activating group) is 1. The van der Waals surface area contributed by atoms with Gasteiger partial charge in [-0.2, -0.15) is 13.2 Å². The molecule has 0 atom stereocenters. The second-order valence-corrected chi connectivity index (χ2v) is 5.28. The third-order valence-electron chi connectivity index (χ3n) is 3.36. The molecule has 0 spiro atoms. The van der Waals surface area contributed by atoms with Crippen LogP contribution in [0.2, 0.25) is 0 Å². The molecule has 1 fully saturated rings. The van der Waals surface area contributed by atoms with Crippen molar-refractivity contribution in [2.24, 2.45) is 0 Å². The molecule has 0 radical (unpaired) electrons. The van der Waals surface area contributed by atoms with Crippen molar-refractivity contribution in [1.82, 2.24) is 10.2 Å². The minimum atomic E-state index is -4.81. The van der Waals surface area contributed by atoms with E-state index in [9.17, 15) is 23.1 Å². The van der Waals surface area contributed by atoms with E-state index in [0.29, 0.717) is 19.5 Å². The third kappa shape index (κ3) is 5.78. The van der Waals surface area contributed by atoms with Crippen molar-refractivity contribution in [2.45, 2.75) is 43.9 Å². The SMILES string of the molecule is CN(CCCNC(=O)C(F)(F)F)CC1(O)CCCC1. The summed E-state index contributed by atoms with van der Waals surface area (Å²) in [5.41, 5.74) is -0.649. The van der Waals surface area contributed by atoms with Gasteiger partial charge in [0.1, 0.15) is 0 Å². The molecular formula is C12H21F3N2O2. The van der Waals surface area contributed by atoms with Gasteiger partial charge in [-0.3, -0.25) is 4.79 Å². The molecule has 0 unspecified atom stereocenters. The van der Waals surface area contributed by atoms with Gasteiger partial charge in [-0.1, -0.05) is 12.8 Å². The molecule has 1 aliphatic rings. The molecule has 1 rings (SSSR count). The van der Waals surface area contributed by atoms with Crippen LogP contribution < -0.4 is 5.32 Å². The van der Waals surface area contributed by atoms with Crippen molar-refractivity contribution in [3.05, 3.63) is 0 Å². The summed E-state index contributed by atoms with van der Waals surface area (Å²) in [5.74, 6) is -1.90. The fourth-order valence-corrected chi connectivity index (χ4v) is 2.42. The molecule has 7 heteroatoms. The second kappa shape index (κ2) is 6.56. The van der Waals surface area contributed by atoms with Crippen LogP contribution >= 0.6 is 0 Å². The molecule has 4 nitrogen and oxygen atoms in total. The number of carbonyl (C=O) groups is 1. The zero-order valence-corrected chi connectivity index (χ0v) is 11.1. The normalized spacial score (nSPS) is 18.8. The molecule has 0 saturated heterocycles. The Balaban J connectivity index is 2.14. The second-order valence-electron chi connectivity index (χ2n) is 5.28. The first-order chi connectivity index (χ1) is 8.73. The summed E-state index contributed by atoms with van der Waals surface area (Å²) in [6, 6.07) is 0. The Morgan fingerprint density at radius 3 is 2.47 bits per heavy atom. The first kappa shape index (κ1) is 16.2. The van der Waals surface area contributed by atoms with E-state index in [4.69, 9.17) is 0 Å². The predicted molar refractivity (Wildman–Crippen MR) is 64.6 cm³/mol. The van der Waals surface area contributed by atoms with Gasteiger partial charge in [0.15, 0.2) is 0 Å². The van der Waals surface area contributed by atoms with Crippen LogP contribution in [0.25, 0.3) is 0 Å². The smallest absolute Gasteiger partial charge is 0.389 e. The highest BCUT2D eigenvalue weighted by atomic mass is 19.4. The van der Waals surface area contributed by atoms with Crippen LogP contribution in [0, 0.1) is 0 Å². The standard InChI is InChI=1S/C12H21F3N2O2/c1-17(9-11(19)5-2-3-6-11)8-4-7-16-10(18)12(13,14)15/h19H,2-9H2,1H3,(H,16,18). The first-order valence-corrected chi connectivity index (χ1v) is 6.49. The fraction of sp³-hybridized carbons (Fsp3) is 0.917. The van der Waals surface area contributed by atoms with Crippen LogP contribution in [0.5, 0.6) is 0 Å². The largest absolute Gasteiger partial charge is 0.471 e. The minimum Gasteiger partial charge on any atom is -0.389 e. The number of aliphatic hydroxyl groups is 1. The number of nitrogens with zero attached hydrogens (tertiary/aromatic N) is 1. The molecular weight excluding hydrogens is 261 g/mol. The molecule has 0 heterocycles. The quantitative estimate of drug-likeness (QED) is 0.722. The van der Waals surface area contributed by atoms with Crippen molar-refractivity contribution < 1.29 is 23.1 Å². The van der Waals surface area contributed by atoms with E-state index in [1.165, 1.54) is 0 Å². The average molecular weight is 282 g/mol. The summed E-state index contributed by atoms with van der Waals surface area (Å²) in [5, 5.41) is 12.0. The van der Waals surface area contributed by atoms with Gasteiger partial charge < -0.3 is 15.3 Å². The molecule has 0 aliphatic heterocycles. The van der Waals surface area contributed by atoms with Crippen molar-refractivity contribution in [3.8, 4) is 0 Å². The molecule has 0 aromatic carbocycles. The molecule has 0 aromatic rings. The lowest BCUT2D eigenvalue weighted by molar-refractivity contribution is -0.173. The van der Waals surface area contributed by atoms with Crippen LogP contribution in [0.1, 0.15) is 32.1 Å². The molecule has 2 N–H and O–H groups in total. The number of alkyl halides is 3. The van der Waals surface area contributed by atoms with Gasteiger partial charge in [0.25, 0.3) is 0 Å². The Kier molecular flexibility index (Phi) is 5.61. The third-order valence-corrected chi connectivity index (χ3v) is 3.36. The van der Waals surface area contributed by atoms with Crippen molar-refractivity contribution >= 4 is 5.91 Å². The van der Waals surface area contributed by atoms with Gasteiger partial charge in [-0.15, -0.1) is 0 Å². The van der Waals surface area contributed by atoms with E-state index in [0.717, 1.165) is 25.7 Å². The van der Waals surface area contributed by atoms with E-state index in [1.807, 2.05) is 17.3 Å². The number of amides is 1. The number of hydrogen-bond acceptors (Lipinski definition) is 3. The van der Waals surface area contributed by atoms with E-state index in [1.54, 1.807) is 0 Å². The molecule has 1 aliphatic carbocycles. The number of hydrogen-bond donors (Lipinski definition) is 2. The van der Waals surface area contributed by atoms with Gasteiger partial charge in [0.2, 0.25) is 0 Å². The molecule has 1 amide bonds. The molecule has 1 saturated carbocycles. The Morgan fingerprint density at radius 1 is 1.37 bits per heavy atom. The lowest BCUT2D eigenvalue weighted by atomic mass is 10.0. The van der Waals surface area contributed by atoms with Gasteiger partial charge >= 0.3 is 12.1 Å². The summed E-state index contributed by atoms with van der Waals surface area (Å²) in [4.78, 5) is 12.4. The van der Waals surface area contributed by atoms with Crippen molar-refractivity contribution in [3.63, 3.8) is 0 Å². The highest BCUT2D eigenvalue weighted by molar-refractivity contribution is 5.81. The molecule has 0 bridgehead atoms. The Morgan fingerprint density at radius 2 is 1.95 bits per heavy atom. The van der Waals surface area contributed by atoms with Crippen molar-refractivity contribution in [1.29, 1.82) is 0 Å². The van der Waals surface area contributed by atoms with E-state index < -0.39 is 17.7 Å². The van der Waals surface area contributed by atoms with Gasteiger partial charge in [-0.25, -0.2) is 0 Å². The number of rotatable bonds is 6. The molecule has 112 valence electrons. The predicted octanol–water partition coefficient (Wildman–Crippen LogP) is 1.29. The average Bonchev–Trinajstić information content (AvgIpc) is 2.69. The molecule has 19 heavy (non-hydrogen) atoms. The van der Waals surface area contributed by atoms with Crippen molar-refractivity contribution in [2.75, 3.05) is 26.7 Å². The minimum absolute atomic E-state index is 0.0128. The lowest BCUT2D eigenvalue weighted by Gasteiger charge is -2.28. The number of carbonyl (C=O) groups excluding carboxylic acids is 1. The summed E-state index contributed by atoms with van der Waals surface area (Å²) < 4.78 is 35.7. The summed E-state index contributed by atoms with van der Waals surface area (Å²) in [7, 11) is 1.82.